The maximum absolute atomic E-state index is 9.35. The number of imidazole rings is 1. The van der Waals surface area contributed by atoms with Crippen LogP contribution in [0.5, 0.6) is 0 Å². The molecule has 0 fully saturated rings. The Labute approximate surface area is 132 Å². The molecular formula is C17H14BrN3. The molecule has 1 aromatic carbocycles. The Hall–Kier alpha value is -2.12. The smallest absolute Gasteiger partial charge is 0.137 e. The van der Waals surface area contributed by atoms with Gasteiger partial charge in [0.05, 0.1) is 23.4 Å². The zero-order chi connectivity index (χ0) is 15.0. The lowest BCUT2D eigenvalue weighted by atomic mass is 10.0. The fourth-order valence-electron chi connectivity index (χ4n) is 2.44. The molecule has 0 saturated heterocycles. The van der Waals surface area contributed by atoms with Gasteiger partial charge in [-0.2, -0.15) is 5.26 Å². The number of fused-ring (bicyclic) bond motifs is 1. The summed E-state index contributed by atoms with van der Waals surface area (Å²) in [6.45, 7) is 3.96. The van der Waals surface area contributed by atoms with Crippen molar-refractivity contribution in [3.05, 3.63) is 58.3 Å². The van der Waals surface area contributed by atoms with E-state index >= 15 is 0 Å². The van der Waals surface area contributed by atoms with E-state index in [9.17, 15) is 5.26 Å². The van der Waals surface area contributed by atoms with Gasteiger partial charge in [0.2, 0.25) is 0 Å². The molecular weight excluding hydrogens is 326 g/mol. The number of nitrogens with zero attached hydrogens (tertiary/aromatic N) is 3. The van der Waals surface area contributed by atoms with E-state index in [2.05, 4.69) is 53.2 Å². The number of hydrogen-bond donors (Lipinski definition) is 0. The summed E-state index contributed by atoms with van der Waals surface area (Å²) < 4.78 is 2.96. The summed E-state index contributed by atoms with van der Waals surface area (Å²) in [6, 6.07) is 14.5. The zero-order valence-corrected chi connectivity index (χ0v) is 13.4. The van der Waals surface area contributed by atoms with Crippen LogP contribution >= 0.6 is 15.9 Å². The van der Waals surface area contributed by atoms with Crippen LogP contribution in [-0.2, 0) is 0 Å². The Morgan fingerprint density at radius 2 is 1.90 bits per heavy atom. The van der Waals surface area contributed by atoms with E-state index in [0.717, 1.165) is 27.1 Å². The number of halogens is 1. The first-order valence-electron chi connectivity index (χ1n) is 6.74. The molecule has 4 heteroatoms. The van der Waals surface area contributed by atoms with Crippen molar-refractivity contribution in [2.75, 3.05) is 0 Å². The van der Waals surface area contributed by atoms with Gasteiger partial charge < -0.3 is 4.40 Å². The van der Waals surface area contributed by atoms with Crippen LogP contribution in [0.3, 0.4) is 0 Å². The number of nitriles is 1. The molecule has 1 unspecified atom stereocenters. The molecule has 0 aliphatic heterocycles. The molecule has 0 N–H and O–H groups in total. The predicted molar refractivity (Wildman–Crippen MR) is 87.1 cm³/mol. The molecule has 0 aliphatic rings. The Morgan fingerprint density at radius 1 is 1.19 bits per heavy atom. The van der Waals surface area contributed by atoms with Gasteiger partial charge in [-0.25, -0.2) is 4.98 Å². The van der Waals surface area contributed by atoms with E-state index in [4.69, 9.17) is 4.98 Å². The molecule has 2 heterocycles. The lowest BCUT2D eigenvalue weighted by Gasteiger charge is -2.07. The second kappa shape index (κ2) is 5.34. The highest BCUT2D eigenvalue weighted by Gasteiger charge is 2.19. The topological polar surface area (TPSA) is 41.1 Å². The molecule has 21 heavy (non-hydrogen) atoms. The maximum atomic E-state index is 9.35. The minimum atomic E-state index is -0.231. The number of aromatic nitrogens is 2. The van der Waals surface area contributed by atoms with E-state index in [1.54, 1.807) is 0 Å². The molecule has 0 bridgehead atoms. The average Bonchev–Trinajstić information content (AvgIpc) is 2.85. The highest BCUT2D eigenvalue weighted by Crippen LogP contribution is 2.30. The van der Waals surface area contributed by atoms with Crippen molar-refractivity contribution in [1.82, 2.24) is 9.38 Å². The van der Waals surface area contributed by atoms with Gasteiger partial charge in [-0.3, -0.25) is 0 Å². The SMILES string of the molecule is Cc1ccc(-c2nc3ccc(Br)cn3c2C(C)C#N)cc1. The van der Waals surface area contributed by atoms with Gasteiger partial charge in [0.1, 0.15) is 5.65 Å². The van der Waals surface area contributed by atoms with E-state index < -0.39 is 0 Å². The fraction of sp³-hybridized carbons (Fsp3) is 0.176. The second-order valence-corrected chi connectivity index (χ2v) is 6.05. The number of benzene rings is 1. The van der Waals surface area contributed by atoms with Crippen molar-refractivity contribution in [1.29, 1.82) is 5.26 Å². The first kappa shape index (κ1) is 13.8. The van der Waals surface area contributed by atoms with Gasteiger partial charge in [-0.1, -0.05) is 29.8 Å². The van der Waals surface area contributed by atoms with Crippen molar-refractivity contribution in [3.8, 4) is 17.3 Å². The lowest BCUT2D eigenvalue weighted by Crippen LogP contribution is -1.98. The molecule has 1 atom stereocenters. The molecule has 0 spiro atoms. The third-order valence-electron chi connectivity index (χ3n) is 3.55. The first-order chi connectivity index (χ1) is 10.1. The fourth-order valence-corrected chi connectivity index (χ4v) is 2.77. The molecule has 0 amide bonds. The molecule has 2 aromatic heterocycles. The Bertz CT molecular complexity index is 841. The molecule has 0 aliphatic carbocycles. The van der Waals surface area contributed by atoms with Crippen molar-refractivity contribution >= 4 is 21.6 Å². The summed E-state index contributed by atoms with van der Waals surface area (Å²) in [7, 11) is 0. The van der Waals surface area contributed by atoms with Gasteiger partial charge in [0, 0.05) is 16.2 Å². The monoisotopic (exact) mass is 339 g/mol. The Balaban J connectivity index is 2.31. The summed E-state index contributed by atoms with van der Waals surface area (Å²) in [5, 5.41) is 9.35. The number of aryl methyl sites for hydroxylation is 1. The van der Waals surface area contributed by atoms with E-state index in [1.807, 2.05) is 29.7 Å². The van der Waals surface area contributed by atoms with Crippen molar-refractivity contribution in [2.45, 2.75) is 19.8 Å². The van der Waals surface area contributed by atoms with Gasteiger partial charge in [-0.15, -0.1) is 0 Å². The number of hydrogen-bond acceptors (Lipinski definition) is 2. The predicted octanol–water partition coefficient (Wildman–Crippen LogP) is 4.70. The third kappa shape index (κ3) is 2.45. The normalized spacial score (nSPS) is 12.3. The summed E-state index contributed by atoms with van der Waals surface area (Å²) >= 11 is 3.48. The molecule has 0 saturated carbocycles. The summed E-state index contributed by atoms with van der Waals surface area (Å²) in [6.07, 6.45) is 1.96. The quantitative estimate of drug-likeness (QED) is 0.678. The van der Waals surface area contributed by atoms with Crippen molar-refractivity contribution in [3.63, 3.8) is 0 Å². The Morgan fingerprint density at radius 3 is 2.57 bits per heavy atom. The van der Waals surface area contributed by atoms with Crippen LogP contribution in [0.2, 0.25) is 0 Å². The molecule has 3 aromatic rings. The molecule has 3 nitrogen and oxygen atoms in total. The zero-order valence-electron chi connectivity index (χ0n) is 11.8. The van der Waals surface area contributed by atoms with Crippen molar-refractivity contribution < 1.29 is 0 Å². The molecule has 0 radical (unpaired) electrons. The van der Waals surface area contributed by atoms with E-state index in [0.29, 0.717) is 0 Å². The minimum absolute atomic E-state index is 0.231. The van der Waals surface area contributed by atoms with Crippen LogP contribution in [0.25, 0.3) is 16.9 Å². The first-order valence-corrected chi connectivity index (χ1v) is 7.53. The molecule has 104 valence electrons. The van der Waals surface area contributed by atoms with Gasteiger partial charge in [-0.05, 0) is 41.9 Å². The van der Waals surface area contributed by atoms with Crippen LogP contribution in [-0.4, -0.2) is 9.38 Å². The maximum Gasteiger partial charge on any atom is 0.137 e. The summed E-state index contributed by atoms with van der Waals surface area (Å²) in [5.74, 6) is -0.231. The lowest BCUT2D eigenvalue weighted by molar-refractivity contribution is 0.898. The van der Waals surface area contributed by atoms with Crippen LogP contribution in [0, 0.1) is 18.3 Å². The standard InChI is InChI=1S/C17H14BrN3/c1-11-3-5-13(6-4-11)16-17(12(2)9-19)21-10-14(18)7-8-15(21)20-16/h3-8,10,12H,1-2H3. The van der Waals surface area contributed by atoms with Gasteiger partial charge >= 0.3 is 0 Å². The van der Waals surface area contributed by atoms with Crippen LogP contribution < -0.4 is 0 Å². The molecule has 3 rings (SSSR count). The number of pyridine rings is 1. The van der Waals surface area contributed by atoms with Crippen LogP contribution in [0.1, 0.15) is 24.1 Å². The minimum Gasteiger partial charge on any atom is -0.301 e. The summed E-state index contributed by atoms with van der Waals surface area (Å²) in [4.78, 5) is 4.71. The van der Waals surface area contributed by atoms with Crippen molar-refractivity contribution in [2.24, 2.45) is 0 Å². The number of rotatable bonds is 2. The van der Waals surface area contributed by atoms with Gasteiger partial charge in [0.15, 0.2) is 0 Å². The second-order valence-electron chi connectivity index (χ2n) is 5.14. The van der Waals surface area contributed by atoms with Gasteiger partial charge in [0.25, 0.3) is 0 Å². The Kier molecular flexibility index (Phi) is 3.52. The highest BCUT2D eigenvalue weighted by molar-refractivity contribution is 9.10. The summed E-state index contributed by atoms with van der Waals surface area (Å²) in [5.41, 5.74) is 4.91. The largest absolute Gasteiger partial charge is 0.301 e. The average molecular weight is 340 g/mol. The highest BCUT2D eigenvalue weighted by atomic mass is 79.9. The van der Waals surface area contributed by atoms with E-state index in [-0.39, 0.29) is 5.92 Å². The van der Waals surface area contributed by atoms with Crippen LogP contribution in [0.4, 0.5) is 0 Å². The van der Waals surface area contributed by atoms with Crippen LogP contribution in [0.15, 0.2) is 47.1 Å². The third-order valence-corrected chi connectivity index (χ3v) is 4.02. The van der Waals surface area contributed by atoms with E-state index in [1.165, 1.54) is 5.56 Å².